The second-order valence-corrected chi connectivity index (χ2v) is 11.2. The van der Waals surface area contributed by atoms with Crippen molar-refractivity contribution < 1.29 is 14.3 Å². The number of thiazole rings is 1. The molecule has 3 fully saturated rings. The SMILES string of the molecule is Cc1nc(CC(=O)N2CC[C@@H](CN3CCOCC3)[C@H]2C(N)=O)sc1-c1ccnc(C2(C)CC2)c1. The fourth-order valence-corrected chi connectivity index (χ4v) is 6.25. The first-order valence-electron chi connectivity index (χ1n) is 12.2. The molecular weight excluding hydrogens is 450 g/mol. The molecule has 2 amide bonds. The number of carbonyl (C=O) groups excluding carboxylic acids is 2. The van der Waals surface area contributed by atoms with Gasteiger partial charge < -0.3 is 15.4 Å². The predicted octanol–water partition coefficient (Wildman–Crippen LogP) is 2.14. The maximum Gasteiger partial charge on any atom is 0.240 e. The lowest BCUT2D eigenvalue weighted by molar-refractivity contribution is -0.137. The van der Waals surface area contributed by atoms with E-state index in [0.29, 0.717) is 19.8 Å². The second kappa shape index (κ2) is 9.36. The lowest BCUT2D eigenvalue weighted by Gasteiger charge is -2.32. The summed E-state index contributed by atoms with van der Waals surface area (Å²) in [6.07, 6.45) is 5.20. The fourth-order valence-electron chi connectivity index (χ4n) is 5.20. The molecule has 2 aromatic heterocycles. The van der Waals surface area contributed by atoms with Crippen LogP contribution in [0.15, 0.2) is 18.3 Å². The van der Waals surface area contributed by atoms with Crippen molar-refractivity contribution in [2.24, 2.45) is 11.7 Å². The third-order valence-corrected chi connectivity index (χ3v) is 8.72. The van der Waals surface area contributed by atoms with Gasteiger partial charge in [0, 0.05) is 49.4 Å². The third-order valence-electron chi connectivity index (χ3n) is 7.52. The molecule has 1 aliphatic carbocycles. The highest BCUT2D eigenvalue weighted by atomic mass is 32.1. The maximum atomic E-state index is 13.3. The Kier molecular flexibility index (Phi) is 6.43. The molecule has 4 heterocycles. The van der Waals surface area contributed by atoms with E-state index in [2.05, 4.69) is 22.9 Å². The standard InChI is InChI=1S/C25H33N5O3S/c1-16-23(17-3-7-27-19(13-17)25(2)5-6-25)34-20(28-16)14-21(31)30-8-4-18(22(30)24(26)32)15-29-9-11-33-12-10-29/h3,7,13,18,22H,4-6,8-12,14-15H2,1-2H3,(H2,26,32)/t18-,22-/m0/s1. The molecule has 2 atom stereocenters. The summed E-state index contributed by atoms with van der Waals surface area (Å²) in [5.41, 5.74) is 9.13. The van der Waals surface area contributed by atoms with Crippen LogP contribution >= 0.6 is 11.3 Å². The van der Waals surface area contributed by atoms with E-state index in [4.69, 9.17) is 15.5 Å². The number of hydrogen-bond donors (Lipinski definition) is 1. The van der Waals surface area contributed by atoms with Gasteiger partial charge in [-0.05, 0) is 43.9 Å². The summed E-state index contributed by atoms with van der Waals surface area (Å²) in [6, 6.07) is 3.62. The fraction of sp³-hybridized carbons (Fsp3) is 0.600. The number of nitrogens with two attached hydrogens (primary N) is 1. The van der Waals surface area contributed by atoms with E-state index in [1.807, 2.05) is 19.2 Å². The Morgan fingerprint density at radius 3 is 2.74 bits per heavy atom. The number of nitrogens with zero attached hydrogens (tertiary/aromatic N) is 4. The summed E-state index contributed by atoms with van der Waals surface area (Å²) < 4.78 is 5.43. The Bertz CT molecular complexity index is 1080. The average Bonchev–Trinajstić information content (AvgIpc) is 3.27. The van der Waals surface area contributed by atoms with Gasteiger partial charge in [0.2, 0.25) is 11.8 Å². The predicted molar refractivity (Wildman–Crippen MR) is 130 cm³/mol. The smallest absolute Gasteiger partial charge is 0.240 e. The number of carbonyl (C=O) groups is 2. The summed E-state index contributed by atoms with van der Waals surface area (Å²) in [6.45, 7) is 8.69. The van der Waals surface area contributed by atoms with Crippen LogP contribution in [0.4, 0.5) is 0 Å². The number of aryl methyl sites for hydroxylation is 1. The van der Waals surface area contributed by atoms with Crippen LogP contribution in [-0.4, -0.2) is 77.0 Å². The number of amides is 2. The van der Waals surface area contributed by atoms with Crippen LogP contribution in [0.1, 0.15) is 42.6 Å². The minimum absolute atomic E-state index is 0.0622. The lowest BCUT2D eigenvalue weighted by atomic mass is 9.98. The van der Waals surface area contributed by atoms with E-state index in [9.17, 15) is 9.59 Å². The topological polar surface area (TPSA) is 102 Å². The van der Waals surface area contributed by atoms with Gasteiger partial charge in [-0.25, -0.2) is 4.98 Å². The van der Waals surface area contributed by atoms with E-state index in [1.165, 1.54) is 12.8 Å². The number of primary amides is 1. The van der Waals surface area contributed by atoms with Crippen LogP contribution in [0.2, 0.25) is 0 Å². The first kappa shape index (κ1) is 23.4. The van der Waals surface area contributed by atoms with Crippen LogP contribution in [0.3, 0.4) is 0 Å². The van der Waals surface area contributed by atoms with Gasteiger partial charge in [-0.3, -0.25) is 19.5 Å². The van der Waals surface area contributed by atoms with Gasteiger partial charge in [0.15, 0.2) is 0 Å². The molecule has 0 spiro atoms. The Hall–Kier alpha value is -2.36. The summed E-state index contributed by atoms with van der Waals surface area (Å²) in [5.74, 6) is -0.431. The van der Waals surface area contributed by atoms with Crippen LogP contribution in [0.25, 0.3) is 10.4 Å². The number of ether oxygens (including phenoxy) is 1. The number of rotatable bonds is 7. The quantitative estimate of drug-likeness (QED) is 0.648. The van der Waals surface area contributed by atoms with Gasteiger partial charge in [-0.15, -0.1) is 11.3 Å². The second-order valence-electron chi connectivity index (χ2n) is 10.1. The highest BCUT2D eigenvalue weighted by molar-refractivity contribution is 7.15. The van der Waals surface area contributed by atoms with Crippen molar-refractivity contribution in [2.75, 3.05) is 39.4 Å². The minimum Gasteiger partial charge on any atom is -0.379 e. The van der Waals surface area contributed by atoms with Crippen molar-refractivity contribution in [1.29, 1.82) is 0 Å². The largest absolute Gasteiger partial charge is 0.379 e. The first-order chi connectivity index (χ1) is 16.3. The van der Waals surface area contributed by atoms with Crippen molar-refractivity contribution in [1.82, 2.24) is 19.8 Å². The van der Waals surface area contributed by atoms with Gasteiger partial charge in [0.05, 0.1) is 30.2 Å². The molecule has 0 aromatic carbocycles. The molecule has 2 N–H and O–H groups in total. The number of likely N-dealkylation sites (tertiary alicyclic amines) is 1. The molecule has 2 aromatic rings. The van der Waals surface area contributed by atoms with Crippen molar-refractivity contribution in [3.8, 4) is 10.4 Å². The van der Waals surface area contributed by atoms with Crippen LogP contribution < -0.4 is 5.73 Å². The molecular formula is C25H33N5O3S. The monoisotopic (exact) mass is 483 g/mol. The Morgan fingerprint density at radius 1 is 1.26 bits per heavy atom. The summed E-state index contributed by atoms with van der Waals surface area (Å²) in [4.78, 5) is 40.0. The number of morpholine rings is 1. The van der Waals surface area contributed by atoms with Gasteiger partial charge >= 0.3 is 0 Å². The van der Waals surface area contributed by atoms with E-state index >= 15 is 0 Å². The molecule has 8 nitrogen and oxygen atoms in total. The molecule has 182 valence electrons. The molecule has 9 heteroatoms. The number of hydrogen-bond acceptors (Lipinski definition) is 7. The Morgan fingerprint density at radius 2 is 2.03 bits per heavy atom. The van der Waals surface area contributed by atoms with Gasteiger partial charge in [-0.1, -0.05) is 6.92 Å². The average molecular weight is 484 g/mol. The Labute approximate surface area is 204 Å². The maximum absolute atomic E-state index is 13.3. The lowest BCUT2D eigenvalue weighted by Crippen LogP contribution is -2.50. The highest BCUT2D eigenvalue weighted by Gasteiger charge is 2.42. The normalized spacial score (nSPS) is 24.4. The van der Waals surface area contributed by atoms with Crippen LogP contribution in [0, 0.1) is 12.8 Å². The molecule has 0 unspecified atom stereocenters. The zero-order valence-corrected chi connectivity index (χ0v) is 20.8. The molecule has 3 aliphatic rings. The molecule has 2 saturated heterocycles. The van der Waals surface area contributed by atoms with Crippen LogP contribution in [-0.2, 0) is 26.2 Å². The van der Waals surface area contributed by atoms with Gasteiger partial charge in [0.1, 0.15) is 11.0 Å². The number of pyridine rings is 1. The molecule has 34 heavy (non-hydrogen) atoms. The zero-order chi connectivity index (χ0) is 23.9. The van der Waals surface area contributed by atoms with Gasteiger partial charge in [0.25, 0.3) is 0 Å². The third kappa shape index (κ3) is 4.74. The van der Waals surface area contributed by atoms with Crippen LogP contribution in [0.5, 0.6) is 0 Å². The summed E-state index contributed by atoms with van der Waals surface area (Å²) >= 11 is 1.55. The molecule has 0 bridgehead atoms. The van der Waals surface area contributed by atoms with E-state index in [0.717, 1.165) is 52.9 Å². The molecule has 1 saturated carbocycles. The highest BCUT2D eigenvalue weighted by Crippen LogP contribution is 2.47. The van der Waals surface area contributed by atoms with E-state index in [1.54, 1.807) is 16.2 Å². The zero-order valence-electron chi connectivity index (χ0n) is 20.0. The first-order valence-corrected chi connectivity index (χ1v) is 13.0. The van der Waals surface area contributed by atoms with Crippen molar-refractivity contribution in [2.45, 2.75) is 51.0 Å². The van der Waals surface area contributed by atoms with E-state index in [-0.39, 0.29) is 23.7 Å². The molecule has 5 rings (SSSR count). The molecule has 2 aliphatic heterocycles. The van der Waals surface area contributed by atoms with Crippen molar-refractivity contribution >= 4 is 23.2 Å². The summed E-state index contributed by atoms with van der Waals surface area (Å²) in [7, 11) is 0. The minimum atomic E-state index is -0.557. The van der Waals surface area contributed by atoms with Gasteiger partial charge in [-0.2, -0.15) is 0 Å². The molecule has 0 radical (unpaired) electrons. The van der Waals surface area contributed by atoms with E-state index < -0.39 is 11.9 Å². The summed E-state index contributed by atoms with van der Waals surface area (Å²) in [5, 5.41) is 0.772. The van der Waals surface area contributed by atoms with Crippen molar-refractivity contribution in [3.05, 3.63) is 34.7 Å². The number of aromatic nitrogens is 2. The van der Waals surface area contributed by atoms with Crippen molar-refractivity contribution in [3.63, 3.8) is 0 Å². The Balaban J connectivity index is 1.28.